The molecule has 0 radical (unpaired) electrons. The average Bonchev–Trinajstić information content (AvgIpc) is 2.47. The Morgan fingerprint density at radius 1 is 1.40 bits per heavy atom. The lowest BCUT2D eigenvalue weighted by Gasteiger charge is -2.46. The molecule has 3 heterocycles. The Labute approximate surface area is 120 Å². The summed E-state index contributed by atoms with van der Waals surface area (Å²) in [6.45, 7) is 3.35. The van der Waals surface area contributed by atoms with E-state index in [0.717, 1.165) is 36.4 Å². The van der Waals surface area contributed by atoms with Crippen molar-refractivity contribution in [1.82, 2.24) is 9.88 Å². The van der Waals surface area contributed by atoms with Crippen molar-refractivity contribution in [3.05, 3.63) is 23.9 Å². The number of hydrogen-bond acceptors (Lipinski definition) is 4. The smallest absolute Gasteiger partial charge is 0.129 e. The van der Waals surface area contributed by atoms with Gasteiger partial charge in [0.1, 0.15) is 11.7 Å². The van der Waals surface area contributed by atoms with Crippen LogP contribution in [-0.2, 0) is 0 Å². The SMILES string of the molecule is CN1CCCC2CN(c3cc(C(=N)N)ccn3)CCC21. The number of nitrogens with two attached hydrogens (primary N) is 1. The molecule has 0 aromatic carbocycles. The first-order valence-electron chi connectivity index (χ1n) is 7.41. The molecule has 108 valence electrons. The number of nitrogens with one attached hydrogen (secondary N) is 1. The number of nitrogens with zero attached hydrogens (tertiary/aromatic N) is 3. The molecular weight excluding hydrogens is 250 g/mol. The van der Waals surface area contributed by atoms with Crippen molar-refractivity contribution in [2.75, 3.05) is 31.6 Å². The third kappa shape index (κ3) is 2.50. The summed E-state index contributed by atoms with van der Waals surface area (Å²) in [6.07, 6.45) is 5.57. The van der Waals surface area contributed by atoms with Gasteiger partial charge in [0.2, 0.25) is 0 Å². The molecule has 1 aromatic rings. The predicted molar refractivity (Wildman–Crippen MR) is 81.2 cm³/mol. The maximum absolute atomic E-state index is 7.54. The van der Waals surface area contributed by atoms with Gasteiger partial charge < -0.3 is 15.5 Å². The van der Waals surface area contributed by atoms with Crippen molar-refractivity contribution in [1.29, 1.82) is 5.41 Å². The van der Waals surface area contributed by atoms with Crippen LogP contribution in [0.4, 0.5) is 5.82 Å². The lowest BCUT2D eigenvalue weighted by atomic mass is 9.84. The zero-order valence-corrected chi connectivity index (χ0v) is 12.0. The van der Waals surface area contributed by atoms with E-state index in [2.05, 4.69) is 21.8 Å². The highest BCUT2D eigenvalue weighted by Crippen LogP contribution is 2.31. The lowest BCUT2D eigenvalue weighted by Crippen LogP contribution is -2.52. The standard InChI is InChI=1S/C15H23N5/c1-19-7-2-3-12-10-20(8-5-13(12)19)14-9-11(15(16)17)4-6-18-14/h4,6,9,12-13H,2-3,5,7-8,10H2,1H3,(H3,16,17). The van der Waals surface area contributed by atoms with Crippen molar-refractivity contribution in [3.8, 4) is 0 Å². The van der Waals surface area contributed by atoms with Crippen molar-refractivity contribution in [2.24, 2.45) is 11.7 Å². The number of piperidine rings is 2. The topological polar surface area (TPSA) is 69.2 Å². The molecule has 0 amide bonds. The first kappa shape index (κ1) is 13.4. The second kappa shape index (κ2) is 5.40. The molecule has 2 aliphatic rings. The van der Waals surface area contributed by atoms with Crippen LogP contribution in [0.15, 0.2) is 18.3 Å². The van der Waals surface area contributed by atoms with Crippen LogP contribution in [0.1, 0.15) is 24.8 Å². The molecule has 2 fully saturated rings. The van der Waals surface area contributed by atoms with Gasteiger partial charge in [0.15, 0.2) is 0 Å². The molecule has 3 N–H and O–H groups in total. The zero-order chi connectivity index (χ0) is 14.1. The van der Waals surface area contributed by atoms with Crippen LogP contribution < -0.4 is 10.6 Å². The summed E-state index contributed by atoms with van der Waals surface area (Å²) in [5.41, 5.74) is 6.33. The molecule has 20 heavy (non-hydrogen) atoms. The van der Waals surface area contributed by atoms with E-state index in [9.17, 15) is 0 Å². The average molecular weight is 273 g/mol. The fraction of sp³-hybridized carbons (Fsp3) is 0.600. The first-order chi connectivity index (χ1) is 9.65. The van der Waals surface area contributed by atoms with Crippen molar-refractivity contribution in [2.45, 2.75) is 25.3 Å². The molecule has 2 unspecified atom stereocenters. The molecule has 3 rings (SSSR count). The molecule has 0 spiro atoms. The molecule has 0 bridgehead atoms. The second-order valence-corrected chi connectivity index (χ2v) is 6.00. The van der Waals surface area contributed by atoms with E-state index < -0.39 is 0 Å². The molecule has 5 heteroatoms. The number of likely N-dealkylation sites (tertiary alicyclic amines) is 1. The van der Waals surface area contributed by atoms with E-state index in [-0.39, 0.29) is 5.84 Å². The normalized spacial score (nSPS) is 27.1. The molecule has 2 aliphatic heterocycles. The third-order valence-electron chi connectivity index (χ3n) is 4.73. The van der Waals surface area contributed by atoms with E-state index in [0.29, 0.717) is 0 Å². The number of amidine groups is 1. The van der Waals surface area contributed by atoms with Gasteiger partial charge in [-0.15, -0.1) is 0 Å². The Morgan fingerprint density at radius 2 is 2.25 bits per heavy atom. The summed E-state index contributed by atoms with van der Waals surface area (Å²) in [6, 6.07) is 4.47. The van der Waals surface area contributed by atoms with Crippen LogP contribution in [0.2, 0.25) is 0 Å². The van der Waals surface area contributed by atoms with Crippen LogP contribution >= 0.6 is 0 Å². The number of nitrogen functional groups attached to an aromatic ring is 1. The van der Waals surface area contributed by atoms with Gasteiger partial charge in [-0.3, -0.25) is 5.41 Å². The Kier molecular flexibility index (Phi) is 3.61. The summed E-state index contributed by atoms with van der Waals surface area (Å²) in [7, 11) is 2.25. The van der Waals surface area contributed by atoms with Crippen molar-refractivity contribution in [3.63, 3.8) is 0 Å². The molecule has 0 saturated carbocycles. The summed E-state index contributed by atoms with van der Waals surface area (Å²) in [4.78, 5) is 9.33. The van der Waals surface area contributed by atoms with Crippen molar-refractivity contribution >= 4 is 11.7 Å². The van der Waals surface area contributed by atoms with Crippen LogP contribution in [0, 0.1) is 11.3 Å². The quantitative estimate of drug-likeness (QED) is 0.629. The lowest BCUT2D eigenvalue weighted by molar-refractivity contribution is 0.102. The van der Waals surface area contributed by atoms with E-state index in [1.165, 1.54) is 25.8 Å². The number of fused-ring (bicyclic) bond motifs is 1. The van der Waals surface area contributed by atoms with Gasteiger partial charge in [-0.25, -0.2) is 4.98 Å². The highest BCUT2D eigenvalue weighted by molar-refractivity contribution is 5.95. The van der Waals surface area contributed by atoms with Gasteiger partial charge in [0.05, 0.1) is 0 Å². The highest BCUT2D eigenvalue weighted by atomic mass is 15.2. The number of pyridine rings is 1. The van der Waals surface area contributed by atoms with E-state index in [1.54, 1.807) is 12.3 Å². The Morgan fingerprint density at radius 3 is 3.05 bits per heavy atom. The number of anilines is 1. The Bertz CT molecular complexity index is 501. The largest absolute Gasteiger partial charge is 0.384 e. The fourth-order valence-corrected chi connectivity index (χ4v) is 3.62. The first-order valence-corrected chi connectivity index (χ1v) is 7.41. The highest BCUT2D eigenvalue weighted by Gasteiger charge is 2.34. The number of hydrogen-bond donors (Lipinski definition) is 2. The second-order valence-electron chi connectivity index (χ2n) is 6.00. The summed E-state index contributed by atoms with van der Waals surface area (Å²) < 4.78 is 0. The minimum Gasteiger partial charge on any atom is -0.384 e. The Balaban J connectivity index is 1.76. The van der Waals surface area contributed by atoms with E-state index >= 15 is 0 Å². The fourth-order valence-electron chi connectivity index (χ4n) is 3.62. The maximum Gasteiger partial charge on any atom is 0.129 e. The maximum atomic E-state index is 7.54. The molecule has 0 aliphatic carbocycles. The molecule has 2 atom stereocenters. The number of aromatic nitrogens is 1. The van der Waals surface area contributed by atoms with Gasteiger partial charge >= 0.3 is 0 Å². The third-order valence-corrected chi connectivity index (χ3v) is 4.73. The Hall–Kier alpha value is -1.62. The van der Waals surface area contributed by atoms with Gasteiger partial charge in [0.25, 0.3) is 0 Å². The minimum absolute atomic E-state index is 0.112. The molecule has 1 aromatic heterocycles. The summed E-state index contributed by atoms with van der Waals surface area (Å²) >= 11 is 0. The van der Waals surface area contributed by atoms with Gasteiger partial charge in [-0.05, 0) is 50.9 Å². The number of rotatable bonds is 2. The zero-order valence-electron chi connectivity index (χ0n) is 12.0. The minimum atomic E-state index is 0.112. The predicted octanol–water partition coefficient (Wildman–Crippen LogP) is 1.29. The van der Waals surface area contributed by atoms with Gasteiger partial charge in [0, 0.05) is 30.9 Å². The van der Waals surface area contributed by atoms with E-state index in [1.807, 2.05) is 6.07 Å². The van der Waals surface area contributed by atoms with Crippen LogP contribution in [-0.4, -0.2) is 48.4 Å². The molecular formula is C15H23N5. The van der Waals surface area contributed by atoms with E-state index in [4.69, 9.17) is 11.1 Å². The molecule has 2 saturated heterocycles. The van der Waals surface area contributed by atoms with Gasteiger partial charge in [-0.2, -0.15) is 0 Å². The van der Waals surface area contributed by atoms with Crippen LogP contribution in [0.3, 0.4) is 0 Å². The summed E-state index contributed by atoms with van der Waals surface area (Å²) in [5, 5.41) is 7.54. The monoisotopic (exact) mass is 273 g/mol. The van der Waals surface area contributed by atoms with Gasteiger partial charge in [-0.1, -0.05) is 0 Å². The molecule has 5 nitrogen and oxygen atoms in total. The van der Waals surface area contributed by atoms with Crippen molar-refractivity contribution < 1.29 is 0 Å². The van der Waals surface area contributed by atoms with Crippen LogP contribution in [0.25, 0.3) is 0 Å². The van der Waals surface area contributed by atoms with Crippen LogP contribution in [0.5, 0.6) is 0 Å². The summed E-state index contributed by atoms with van der Waals surface area (Å²) in [5.74, 6) is 1.82.